The maximum Gasteiger partial charge on any atom is 0.322 e. The highest BCUT2D eigenvalue weighted by Gasteiger charge is 2.33. The van der Waals surface area contributed by atoms with Gasteiger partial charge >= 0.3 is 5.97 Å². The lowest BCUT2D eigenvalue weighted by molar-refractivity contribution is -0.142. The topological polar surface area (TPSA) is 193 Å². The second-order valence-electron chi connectivity index (χ2n) is 7.59. The molecule has 36 heavy (non-hydrogen) atoms. The highest BCUT2D eigenvalue weighted by molar-refractivity contribution is 6.25. The molecule has 0 saturated carbocycles. The summed E-state index contributed by atoms with van der Waals surface area (Å²) in [5.74, 6) is -9.02. The molecule has 0 heterocycles. The summed E-state index contributed by atoms with van der Waals surface area (Å²) in [5, 5.41) is 67.6. The molecule has 0 aliphatic heterocycles. The summed E-state index contributed by atoms with van der Waals surface area (Å²) in [6.07, 6.45) is 4.76. The monoisotopic (exact) mass is 492 g/mol. The Bertz CT molecular complexity index is 1420. The summed E-state index contributed by atoms with van der Waals surface area (Å²) in [6.45, 7) is 0. The van der Waals surface area contributed by atoms with Gasteiger partial charge in [0.15, 0.2) is 52.0 Å². The maximum absolute atomic E-state index is 12.7. The number of phenols is 6. The zero-order chi connectivity index (χ0) is 26.6. The summed E-state index contributed by atoms with van der Waals surface area (Å²) in [5.41, 5.74) is 0.334. The van der Waals surface area contributed by atoms with Gasteiger partial charge in [-0.15, -0.1) is 0 Å². The number of aliphatic carboxylic acids is 1. The van der Waals surface area contributed by atoms with Crippen molar-refractivity contribution in [1.29, 1.82) is 0 Å². The molecule has 0 bridgehead atoms. The van der Waals surface area contributed by atoms with Crippen LogP contribution in [0.1, 0.15) is 27.0 Å². The maximum atomic E-state index is 12.7. The van der Waals surface area contributed by atoms with Gasteiger partial charge in [-0.05, 0) is 59.7 Å². The van der Waals surface area contributed by atoms with E-state index in [0.717, 1.165) is 36.4 Å². The number of allylic oxidation sites excluding steroid dienone is 1. The molecule has 3 rings (SSSR count). The van der Waals surface area contributed by atoms with E-state index < -0.39 is 46.5 Å². The van der Waals surface area contributed by atoms with E-state index in [1.165, 1.54) is 36.4 Å². The molecule has 1 atom stereocenters. The Morgan fingerprint density at radius 2 is 1.28 bits per heavy atom. The average Bonchev–Trinajstić information content (AvgIpc) is 2.82. The van der Waals surface area contributed by atoms with Crippen LogP contribution in [0.3, 0.4) is 0 Å². The molecule has 0 radical (unpaired) electrons. The summed E-state index contributed by atoms with van der Waals surface area (Å²) in [4.78, 5) is 37.0. The fourth-order valence-electron chi connectivity index (χ4n) is 3.23. The fourth-order valence-corrected chi connectivity index (χ4v) is 3.23. The number of hydrogen-bond acceptors (Lipinski definition) is 9. The molecule has 0 saturated heterocycles. The third-order valence-electron chi connectivity index (χ3n) is 5.15. The Morgan fingerprint density at radius 1 is 0.667 bits per heavy atom. The number of Topliss-reactive ketones (excluding diaryl/α,β-unsaturated/α-hetero) is 1. The van der Waals surface area contributed by atoms with Crippen molar-refractivity contribution in [2.24, 2.45) is 5.92 Å². The van der Waals surface area contributed by atoms with Crippen molar-refractivity contribution in [3.05, 3.63) is 76.9 Å². The third kappa shape index (κ3) is 5.45. The molecule has 0 unspecified atom stereocenters. The van der Waals surface area contributed by atoms with E-state index >= 15 is 0 Å². The molecule has 10 nitrogen and oxygen atoms in total. The number of rotatable bonds is 8. The first-order valence-corrected chi connectivity index (χ1v) is 10.3. The number of ketones is 2. The number of carboxylic acids is 1. The minimum absolute atomic E-state index is 0.0354. The number of phenolic OH excluding ortho intramolecular Hbond substituents is 6. The van der Waals surface area contributed by atoms with Crippen LogP contribution in [0, 0.1) is 5.92 Å². The van der Waals surface area contributed by atoms with E-state index in [4.69, 9.17) is 0 Å². The first-order chi connectivity index (χ1) is 17.0. The van der Waals surface area contributed by atoms with Gasteiger partial charge in [0.05, 0.1) is 0 Å². The Morgan fingerprint density at radius 3 is 1.89 bits per heavy atom. The lowest BCUT2D eigenvalue weighted by atomic mass is 9.92. The van der Waals surface area contributed by atoms with Crippen molar-refractivity contribution < 1.29 is 50.1 Å². The van der Waals surface area contributed by atoms with Crippen LogP contribution in [0.4, 0.5) is 0 Å². The Balaban J connectivity index is 1.93. The van der Waals surface area contributed by atoms with Gasteiger partial charge in [-0.2, -0.15) is 0 Å². The second kappa shape index (κ2) is 10.3. The first kappa shape index (κ1) is 25.4. The number of carbonyl (C=O) groups is 3. The molecule has 3 aromatic carbocycles. The van der Waals surface area contributed by atoms with Crippen molar-refractivity contribution in [3.8, 4) is 34.5 Å². The average molecular weight is 492 g/mol. The molecule has 3 aromatic rings. The minimum atomic E-state index is -2.14. The summed E-state index contributed by atoms with van der Waals surface area (Å²) in [6, 6.07) is 9.31. The van der Waals surface area contributed by atoms with Crippen molar-refractivity contribution in [1.82, 2.24) is 0 Å². The molecule has 0 aliphatic rings. The number of carboxylic acid groups (broad SMARTS) is 1. The van der Waals surface area contributed by atoms with Gasteiger partial charge in [-0.1, -0.05) is 24.3 Å². The van der Waals surface area contributed by atoms with Gasteiger partial charge in [-0.25, -0.2) is 0 Å². The molecule has 0 amide bonds. The summed E-state index contributed by atoms with van der Waals surface area (Å²) < 4.78 is 0. The molecule has 0 fully saturated rings. The number of benzene rings is 3. The van der Waals surface area contributed by atoms with E-state index in [9.17, 15) is 50.1 Å². The first-order valence-electron chi connectivity index (χ1n) is 10.3. The van der Waals surface area contributed by atoms with Crippen LogP contribution in [0.2, 0.25) is 0 Å². The molecule has 0 aliphatic carbocycles. The summed E-state index contributed by atoms with van der Waals surface area (Å²) in [7, 11) is 0. The predicted octanol–water partition coefficient (Wildman–Crippen LogP) is 3.26. The van der Waals surface area contributed by atoms with Gasteiger partial charge in [0.2, 0.25) is 0 Å². The van der Waals surface area contributed by atoms with Crippen molar-refractivity contribution in [2.45, 2.75) is 0 Å². The van der Waals surface area contributed by atoms with E-state index in [0.29, 0.717) is 5.56 Å². The van der Waals surface area contributed by atoms with E-state index in [1.54, 1.807) is 0 Å². The van der Waals surface area contributed by atoms with Crippen LogP contribution >= 0.6 is 0 Å². The molecular weight excluding hydrogens is 472 g/mol. The molecular formula is C26H20O10. The van der Waals surface area contributed by atoms with Crippen LogP contribution in [-0.2, 0) is 9.59 Å². The lowest BCUT2D eigenvalue weighted by Gasteiger charge is -2.10. The standard InChI is InChI=1S/C26H20O10/c27-17-7-2-13(11-21(17)31)1-6-16-14(4-10-20(30)25(16)34)3-9-19(29)23(26(35)36)24(33)15-5-8-18(28)22(32)12-15/h1-12,23,27-28,30-32,34H,(H,35,36)/b6-1+,9-3+/t23-/m1/s1. The fraction of sp³-hybridized carbons (Fsp3) is 0.0385. The quantitative estimate of drug-likeness (QED) is 0.0807. The zero-order valence-electron chi connectivity index (χ0n) is 18.4. The van der Waals surface area contributed by atoms with Gasteiger partial charge in [-0.3, -0.25) is 14.4 Å². The minimum Gasteiger partial charge on any atom is -0.504 e. The van der Waals surface area contributed by atoms with Gasteiger partial charge < -0.3 is 35.7 Å². The van der Waals surface area contributed by atoms with Gasteiger partial charge in [0, 0.05) is 11.1 Å². The van der Waals surface area contributed by atoms with Crippen molar-refractivity contribution in [3.63, 3.8) is 0 Å². The van der Waals surface area contributed by atoms with Gasteiger partial charge in [0.25, 0.3) is 0 Å². The Kier molecular flexibility index (Phi) is 7.29. The van der Waals surface area contributed by atoms with Crippen LogP contribution in [0.5, 0.6) is 34.5 Å². The van der Waals surface area contributed by atoms with E-state index in [1.807, 2.05) is 0 Å². The highest BCUT2D eigenvalue weighted by Crippen LogP contribution is 2.34. The lowest BCUT2D eigenvalue weighted by Crippen LogP contribution is -2.30. The SMILES string of the molecule is O=C(O)[C@H](C(=O)/C=C/c1ccc(O)c(O)c1/C=C/c1ccc(O)c(O)c1)C(=O)c1ccc(O)c(O)c1. The van der Waals surface area contributed by atoms with Crippen LogP contribution < -0.4 is 0 Å². The molecule has 0 spiro atoms. The second-order valence-corrected chi connectivity index (χ2v) is 7.59. The van der Waals surface area contributed by atoms with Crippen LogP contribution in [0.15, 0.2) is 54.6 Å². The molecule has 0 aromatic heterocycles. The number of hydrogen-bond donors (Lipinski definition) is 7. The third-order valence-corrected chi connectivity index (χ3v) is 5.15. The Labute approximate surface area is 203 Å². The Hall–Kier alpha value is -5.25. The van der Waals surface area contributed by atoms with E-state index in [2.05, 4.69) is 0 Å². The predicted molar refractivity (Wildman–Crippen MR) is 128 cm³/mol. The molecule has 10 heteroatoms. The number of aromatic hydroxyl groups is 6. The largest absolute Gasteiger partial charge is 0.504 e. The van der Waals surface area contributed by atoms with E-state index in [-0.39, 0.29) is 28.2 Å². The highest BCUT2D eigenvalue weighted by atomic mass is 16.4. The molecule has 7 N–H and O–H groups in total. The van der Waals surface area contributed by atoms with Gasteiger partial charge in [0.1, 0.15) is 0 Å². The summed E-state index contributed by atoms with van der Waals surface area (Å²) >= 11 is 0. The van der Waals surface area contributed by atoms with Crippen molar-refractivity contribution >= 4 is 35.8 Å². The normalized spacial score (nSPS) is 12.1. The molecule has 184 valence electrons. The van der Waals surface area contributed by atoms with Crippen LogP contribution in [0.25, 0.3) is 18.2 Å². The smallest absolute Gasteiger partial charge is 0.322 e. The van der Waals surface area contributed by atoms with Crippen LogP contribution in [-0.4, -0.2) is 53.3 Å². The zero-order valence-corrected chi connectivity index (χ0v) is 18.4. The van der Waals surface area contributed by atoms with Crippen molar-refractivity contribution in [2.75, 3.05) is 0 Å². The number of carbonyl (C=O) groups excluding carboxylic acids is 2.